The molecule has 1 aliphatic heterocycles. The number of rotatable bonds is 10. The van der Waals surface area contributed by atoms with E-state index in [-0.39, 0.29) is 26.5 Å². The van der Waals surface area contributed by atoms with E-state index in [9.17, 15) is 18.4 Å². The molecule has 3 amide bonds. The van der Waals surface area contributed by atoms with Gasteiger partial charge in [-0.2, -0.15) is 4.37 Å². The zero-order chi connectivity index (χ0) is 23.8. The number of primary amides is 1. The highest BCUT2D eigenvalue weighted by Crippen LogP contribution is 2.31. The maximum atomic E-state index is 14.0. The van der Waals surface area contributed by atoms with Crippen LogP contribution in [-0.4, -0.2) is 47.4 Å². The monoisotopic (exact) mass is 545 g/mol. The number of unbranched alkanes of at least 4 members (excludes halogenated alkanes) is 1. The first-order valence-corrected chi connectivity index (χ1v) is 12.2. The zero-order valence-electron chi connectivity index (χ0n) is 18.0. The molecule has 1 fully saturated rings. The Balaban J connectivity index is 1.50. The van der Waals surface area contributed by atoms with E-state index in [0.717, 1.165) is 56.1 Å². The molecule has 0 unspecified atom stereocenters. The topological polar surface area (TPSA) is 110 Å². The summed E-state index contributed by atoms with van der Waals surface area (Å²) in [5.41, 5.74) is 4.94. The molecule has 1 aromatic heterocycles. The zero-order valence-corrected chi connectivity index (χ0v) is 20.4. The second-order valence-corrected chi connectivity index (χ2v) is 9.37. The van der Waals surface area contributed by atoms with Gasteiger partial charge in [-0.1, -0.05) is 22.4 Å². The highest BCUT2D eigenvalue weighted by molar-refractivity contribution is 9.10. The molecule has 12 heteroatoms. The lowest BCUT2D eigenvalue weighted by atomic mass is 10.1. The first kappa shape index (κ1) is 25.3. The number of nitrogens with one attached hydrogen (secondary N) is 2. The summed E-state index contributed by atoms with van der Waals surface area (Å²) in [6.07, 6.45) is 5.60. The van der Waals surface area contributed by atoms with Gasteiger partial charge in [0.2, 0.25) is 5.88 Å². The number of nitrogens with two attached hydrogens (primary N) is 1. The Kier molecular flexibility index (Phi) is 9.39. The summed E-state index contributed by atoms with van der Waals surface area (Å²) in [4.78, 5) is 26.6. The standard InChI is InChI=1S/C21H26BrF2N5O3S/c22-13-10-15(23)14(16(24)11-13)12-32-19-17(18(25)30)20(33-28-19)27-21(31)26-6-2-5-9-29-7-3-1-4-8-29/h10-11H,1-9,12H2,(H2,25,30)(H2,26,27,31). The van der Waals surface area contributed by atoms with E-state index in [2.05, 4.69) is 35.8 Å². The van der Waals surface area contributed by atoms with Gasteiger partial charge in [-0.25, -0.2) is 13.6 Å². The average Bonchev–Trinajstić information content (AvgIpc) is 3.16. The third-order valence-corrected chi connectivity index (χ3v) is 6.43. The summed E-state index contributed by atoms with van der Waals surface area (Å²) in [6, 6.07) is 1.69. The molecule has 2 heterocycles. The summed E-state index contributed by atoms with van der Waals surface area (Å²) in [6.45, 7) is 3.28. The molecule has 2 aromatic rings. The summed E-state index contributed by atoms with van der Waals surface area (Å²) < 4.78 is 37.6. The molecule has 0 radical (unpaired) electrons. The van der Waals surface area contributed by atoms with Gasteiger partial charge >= 0.3 is 6.03 Å². The Hall–Kier alpha value is -2.31. The minimum absolute atomic E-state index is 0.0973. The van der Waals surface area contributed by atoms with Crippen LogP contribution in [0.1, 0.15) is 48.0 Å². The lowest BCUT2D eigenvalue weighted by Gasteiger charge is -2.26. The number of halogens is 3. The van der Waals surface area contributed by atoms with Crippen LogP contribution in [0.25, 0.3) is 0 Å². The molecular formula is C21H26BrF2N5O3S. The van der Waals surface area contributed by atoms with E-state index in [1.807, 2.05) is 0 Å². The van der Waals surface area contributed by atoms with E-state index in [0.29, 0.717) is 6.54 Å². The van der Waals surface area contributed by atoms with E-state index in [4.69, 9.17) is 10.5 Å². The number of anilines is 1. The molecule has 0 saturated carbocycles. The van der Waals surface area contributed by atoms with Crippen LogP contribution >= 0.6 is 27.5 Å². The lowest BCUT2D eigenvalue weighted by Crippen LogP contribution is -2.32. The number of amides is 3. The maximum Gasteiger partial charge on any atom is 0.319 e. The number of hydrogen-bond acceptors (Lipinski definition) is 6. The van der Waals surface area contributed by atoms with Crippen LogP contribution in [0, 0.1) is 11.6 Å². The Morgan fingerprint density at radius 1 is 1.18 bits per heavy atom. The van der Waals surface area contributed by atoms with Crippen molar-refractivity contribution in [1.29, 1.82) is 0 Å². The molecule has 1 aromatic carbocycles. The summed E-state index contributed by atoms with van der Waals surface area (Å²) >= 11 is 3.80. The number of ether oxygens (including phenoxy) is 1. The number of nitrogens with zero attached hydrogens (tertiary/aromatic N) is 2. The lowest BCUT2D eigenvalue weighted by molar-refractivity contribution is 0.0996. The van der Waals surface area contributed by atoms with Crippen LogP contribution in [0.5, 0.6) is 5.88 Å². The Morgan fingerprint density at radius 2 is 1.88 bits per heavy atom. The predicted molar refractivity (Wildman–Crippen MR) is 126 cm³/mol. The molecule has 1 saturated heterocycles. The molecule has 4 N–H and O–H groups in total. The van der Waals surface area contributed by atoms with Crippen LogP contribution < -0.4 is 21.1 Å². The van der Waals surface area contributed by atoms with Gasteiger partial charge in [-0.3, -0.25) is 10.1 Å². The largest absolute Gasteiger partial charge is 0.471 e. The van der Waals surface area contributed by atoms with Crippen LogP contribution in [0.15, 0.2) is 16.6 Å². The van der Waals surface area contributed by atoms with Crippen molar-refractivity contribution < 1.29 is 23.1 Å². The van der Waals surface area contributed by atoms with Crippen molar-refractivity contribution in [2.45, 2.75) is 38.7 Å². The number of carbonyl (C=O) groups excluding carboxylic acids is 2. The SMILES string of the molecule is NC(=O)c1c(OCc2c(F)cc(Br)cc2F)nsc1NC(=O)NCCCCN1CCCCC1. The molecule has 180 valence electrons. The fraction of sp³-hybridized carbons (Fsp3) is 0.476. The highest BCUT2D eigenvalue weighted by Gasteiger charge is 2.23. The molecule has 0 aliphatic carbocycles. The third-order valence-electron chi connectivity index (χ3n) is 5.23. The number of aromatic nitrogens is 1. The van der Waals surface area contributed by atoms with Gasteiger partial charge in [0.25, 0.3) is 5.91 Å². The highest BCUT2D eigenvalue weighted by atomic mass is 79.9. The molecule has 8 nitrogen and oxygen atoms in total. The van der Waals surface area contributed by atoms with Crippen molar-refractivity contribution >= 4 is 44.4 Å². The smallest absolute Gasteiger partial charge is 0.319 e. The molecule has 0 bridgehead atoms. The first-order valence-electron chi connectivity index (χ1n) is 10.7. The van der Waals surface area contributed by atoms with Crippen LogP contribution in [0.4, 0.5) is 18.6 Å². The molecular weight excluding hydrogens is 520 g/mol. The van der Waals surface area contributed by atoms with Crippen LogP contribution in [0.3, 0.4) is 0 Å². The van der Waals surface area contributed by atoms with Crippen molar-refractivity contribution in [3.63, 3.8) is 0 Å². The fourth-order valence-corrected chi connectivity index (χ4v) is 4.66. The number of hydrogen-bond donors (Lipinski definition) is 3. The predicted octanol–water partition coefficient (Wildman–Crippen LogP) is 4.25. The second kappa shape index (κ2) is 12.2. The van der Waals surface area contributed by atoms with Gasteiger partial charge in [0.15, 0.2) is 0 Å². The summed E-state index contributed by atoms with van der Waals surface area (Å²) in [7, 11) is 0. The quantitative estimate of drug-likeness (QED) is 0.386. The van der Waals surface area contributed by atoms with Crippen molar-refractivity contribution in [1.82, 2.24) is 14.6 Å². The molecule has 0 atom stereocenters. The number of piperidine rings is 1. The molecule has 0 spiro atoms. The first-order chi connectivity index (χ1) is 15.8. The van der Waals surface area contributed by atoms with Gasteiger partial charge in [-0.15, -0.1) is 0 Å². The van der Waals surface area contributed by atoms with Crippen molar-refractivity contribution in [2.75, 3.05) is 31.5 Å². The number of likely N-dealkylation sites (tertiary alicyclic amines) is 1. The van der Waals surface area contributed by atoms with E-state index < -0.39 is 30.2 Å². The summed E-state index contributed by atoms with van der Waals surface area (Å²) in [5, 5.41) is 5.37. The molecule has 1 aliphatic rings. The second-order valence-electron chi connectivity index (χ2n) is 7.68. The minimum atomic E-state index is -0.882. The normalized spacial score (nSPS) is 14.2. The summed E-state index contributed by atoms with van der Waals surface area (Å²) in [5.74, 6) is -2.70. The van der Waals surface area contributed by atoms with Gasteiger partial charge in [0.05, 0.1) is 5.56 Å². The van der Waals surface area contributed by atoms with E-state index in [1.165, 1.54) is 19.3 Å². The minimum Gasteiger partial charge on any atom is -0.471 e. The van der Waals surface area contributed by atoms with Crippen molar-refractivity contribution in [3.8, 4) is 5.88 Å². The van der Waals surface area contributed by atoms with Gasteiger partial charge in [-0.05, 0) is 69.0 Å². The number of carbonyl (C=O) groups is 2. The Morgan fingerprint density at radius 3 is 2.55 bits per heavy atom. The van der Waals surface area contributed by atoms with E-state index in [1.54, 1.807) is 0 Å². The average molecular weight is 546 g/mol. The Labute approximate surface area is 203 Å². The third kappa shape index (κ3) is 7.34. The fourth-order valence-electron chi connectivity index (χ4n) is 3.52. The van der Waals surface area contributed by atoms with Crippen LogP contribution in [0.2, 0.25) is 0 Å². The maximum absolute atomic E-state index is 14.0. The van der Waals surface area contributed by atoms with E-state index >= 15 is 0 Å². The Bertz CT molecular complexity index is 962. The number of urea groups is 1. The van der Waals surface area contributed by atoms with Crippen LogP contribution in [-0.2, 0) is 6.61 Å². The van der Waals surface area contributed by atoms with Gasteiger partial charge < -0.3 is 20.7 Å². The number of benzene rings is 1. The van der Waals surface area contributed by atoms with Gasteiger partial charge in [0, 0.05) is 11.0 Å². The van der Waals surface area contributed by atoms with Crippen molar-refractivity contribution in [3.05, 3.63) is 39.4 Å². The van der Waals surface area contributed by atoms with Crippen molar-refractivity contribution in [2.24, 2.45) is 5.73 Å². The molecule has 3 rings (SSSR count). The van der Waals surface area contributed by atoms with Gasteiger partial charge in [0.1, 0.15) is 28.8 Å². The molecule has 33 heavy (non-hydrogen) atoms.